The second-order valence-corrected chi connectivity index (χ2v) is 4.30. The van der Waals surface area contributed by atoms with Crippen LogP contribution >= 0.6 is 0 Å². The first-order valence-electron chi connectivity index (χ1n) is 5.79. The van der Waals surface area contributed by atoms with Crippen molar-refractivity contribution in [2.45, 2.75) is 13.0 Å². The number of amides is 1. The number of anilines is 1. The molecule has 1 amide bonds. The van der Waals surface area contributed by atoms with Gasteiger partial charge in [0.15, 0.2) is 0 Å². The summed E-state index contributed by atoms with van der Waals surface area (Å²) in [7, 11) is 1.78. The van der Waals surface area contributed by atoms with E-state index in [1.54, 1.807) is 30.1 Å². The maximum absolute atomic E-state index is 13.1. The number of primary amides is 1. The lowest BCUT2D eigenvalue weighted by Gasteiger charge is -2.16. The molecule has 1 heterocycles. The SMILES string of the molecule is Cc1c(C(Nc2cccc(F)c2)C(N)=O)cnn1C. The minimum atomic E-state index is -0.740. The Hall–Kier alpha value is -2.37. The molecule has 2 rings (SSSR count). The number of aromatic nitrogens is 2. The molecule has 100 valence electrons. The van der Waals surface area contributed by atoms with E-state index in [0.717, 1.165) is 5.69 Å². The van der Waals surface area contributed by atoms with Crippen molar-refractivity contribution in [1.29, 1.82) is 0 Å². The highest BCUT2D eigenvalue weighted by molar-refractivity contribution is 5.84. The number of hydrogen-bond acceptors (Lipinski definition) is 3. The molecule has 1 unspecified atom stereocenters. The van der Waals surface area contributed by atoms with E-state index in [-0.39, 0.29) is 5.82 Å². The third-order valence-electron chi connectivity index (χ3n) is 3.00. The first kappa shape index (κ1) is 13.1. The van der Waals surface area contributed by atoms with Crippen molar-refractivity contribution in [3.63, 3.8) is 0 Å². The Morgan fingerprint density at radius 1 is 1.53 bits per heavy atom. The van der Waals surface area contributed by atoms with Gasteiger partial charge in [0.25, 0.3) is 0 Å². The van der Waals surface area contributed by atoms with Gasteiger partial charge in [-0.3, -0.25) is 9.48 Å². The van der Waals surface area contributed by atoms with E-state index < -0.39 is 11.9 Å². The first-order chi connectivity index (χ1) is 8.99. The average molecular weight is 262 g/mol. The van der Waals surface area contributed by atoms with Gasteiger partial charge >= 0.3 is 0 Å². The summed E-state index contributed by atoms with van der Waals surface area (Å²) < 4.78 is 14.8. The molecule has 0 radical (unpaired) electrons. The Kier molecular flexibility index (Phi) is 3.50. The minimum absolute atomic E-state index is 0.379. The van der Waals surface area contributed by atoms with Crippen LogP contribution in [0, 0.1) is 12.7 Å². The zero-order valence-corrected chi connectivity index (χ0v) is 10.7. The van der Waals surface area contributed by atoms with Gasteiger partial charge in [0, 0.05) is 24.0 Å². The molecule has 0 aliphatic rings. The molecule has 0 spiro atoms. The second-order valence-electron chi connectivity index (χ2n) is 4.30. The number of nitrogens with one attached hydrogen (secondary N) is 1. The Morgan fingerprint density at radius 3 is 2.79 bits per heavy atom. The predicted octanol–water partition coefficient (Wildman–Crippen LogP) is 1.51. The van der Waals surface area contributed by atoms with Crippen molar-refractivity contribution >= 4 is 11.6 Å². The third-order valence-corrected chi connectivity index (χ3v) is 3.00. The van der Waals surface area contributed by atoms with Crippen LogP contribution in [0.4, 0.5) is 10.1 Å². The van der Waals surface area contributed by atoms with Crippen LogP contribution in [0.5, 0.6) is 0 Å². The van der Waals surface area contributed by atoms with Crippen LogP contribution in [-0.4, -0.2) is 15.7 Å². The zero-order chi connectivity index (χ0) is 14.0. The van der Waals surface area contributed by atoms with Crippen LogP contribution in [0.1, 0.15) is 17.3 Å². The fourth-order valence-electron chi connectivity index (χ4n) is 1.85. The maximum Gasteiger partial charge on any atom is 0.244 e. The molecule has 0 saturated heterocycles. The van der Waals surface area contributed by atoms with Crippen LogP contribution in [0.15, 0.2) is 30.5 Å². The standard InChI is InChI=1S/C13H15FN4O/c1-8-11(7-16-18(8)2)12(13(15)19)17-10-5-3-4-9(14)6-10/h3-7,12,17H,1-2H3,(H2,15,19). The molecule has 2 aromatic rings. The van der Waals surface area contributed by atoms with Gasteiger partial charge in [0.05, 0.1) is 6.20 Å². The van der Waals surface area contributed by atoms with E-state index in [4.69, 9.17) is 5.73 Å². The summed E-state index contributed by atoms with van der Waals surface area (Å²) in [6.07, 6.45) is 1.58. The summed E-state index contributed by atoms with van der Waals surface area (Å²) in [5, 5.41) is 7.00. The van der Waals surface area contributed by atoms with Gasteiger partial charge in [0.1, 0.15) is 11.9 Å². The van der Waals surface area contributed by atoms with E-state index in [2.05, 4.69) is 10.4 Å². The number of halogens is 1. The molecule has 6 heteroatoms. The molecule has 3 N–H and O–H groups in total. The third kappa shape index (κ3) is 2.73. The number of aryl methyl sites for hydroxylation is 1. The highest BCUT2D eigenvalue weighted by atomic mass is 19.1. The summed E-state index contributed by atoms with van der Waals surface area (Å²) in [6, 6.07) is 5.13. The summed E-state index contributed by atoms with van der Waals surface area (Å²) in [4.78, 5) is 11.6. The van der Waals surface area contributed by atoms with Gasteiger partial charge < -0.3 is 11.1 Å². The first-order valence-corrected chi connectivity index (χ1v) is 5.79. The quantitative estimate of drug-likeness (QED) is 0.877. The molecular formula is C13H15FN4O. The van der Waals surface area contributed by atoms with Gasteiger partial charge in [0.2, 0.25) is 5.91 Å². The summed E-state index contributed by atoms with van der Waals surface area (Å²) in [5.74, 6) is -0.920. The van der Waals surface area contributed by atoms with Gasteiger partial charge in [-0.15, -0.1) is 0 Å². The second kappa shape index (κ2) is 5.09. The van der Waals surface area contributed by atoms with E-state index >= 15 is 0 Å². The minimum Gasteiger partial charge on any atom is -0.370 e. The Balaban J connectivity index is 2.32. The number of nitrogens with zero attached hydrogens (tertiary/aromatic N) is 2. The van der Waals surface area contributed by atoms with E-state index in [1.807, 2.05) is 6.92 Å². The number of hydrogen-bond donors (Lipinski definition) is 2. The largest absolute Gasteiger partial charge is 0.370 e. The Morgan fingerprint density at radius 2 is 2.26 bits per heavy atom. The predicted molar refractivity (Wildman–Crippen MR) is 69.9 cm³/mol. The normalized spacial score (nSPS) is 12.2. The lowest BCUT2D eigenvalue weighted by atomic mass is 10.1. The van der Waals surface area contributed by atoms with E-state index in [9.17, 15) is 9.18 Å². The topological polar surface area (TPSA) is 72.9 Å². The van der Waals surface area contributed by atoms with Crippen molar-refractivity contribution in [3.05, 3.63) is 47.5 Å². The molecule has 0 bridgehead atoms. The maximum atomic E-state index is 13.1. The molecule has 0 fully saturated rings. The van der Waals surface area contributed by atoms with Gasteiger partial charge in [-0.05, 0) is 25.1 Å². The van der Waals surface area contributed by atoms with Gasteiger partial charge in [-0.2, -0.15) is 5.10 Å². The molecule has 0 saturated carbocycles. The molecule has 0 aliphatic carbocycles. The van der Waals surface area contributed by atoms with Crippen molar-refractivity contribution in [2.24, 2.45) is 12.8 Å². The summed E-state index contributed by atoms with van der Waals surface area (Å²) in [6.45, 7) is 1.84. The summed E-state index contributed by atoms with van der Waals surface area (Å²) >= 11 is 0. The highest BCUT2D eigenvalue weighted by Gasteiger charge is 2.22. The zero-order valence-electron chi connectivity index (χ0n) is 10.7. The van der Waals surface area contributed by atoms with Crippen LogP contribution in [0.2, 0.25) is 0 Å². The Labute approximate surface area is 110 Å². The fraction of sp³-hybridized carbons (Fsp3) is 0.231. The lowest BCUT2D eigenvalue weighted by Crippen LogP contribution is -2.28. The molecule has 0 aliphatic heterocycles. The summed E-state index contributed by atoms with van der Waals surface area (Å²) in [5.41, 5.74) is 7.40. The molecule has 5 nitrogen and oxygen atoms in total. The van der Waals surface area contributed by atoms with Crippen molar-refractivity contribution in [2.75, 3.05) is 5.32 Å². The van der Waals surface area contributed by atoms with Crippen LogP contribution in [0.25, 0.3) is 0 Å². The number of benzene rings is 1. The van der Waals surface area contributed by atoms with Gasteiger partial charge in [-0.1, -0.05) is 6.07 Å². The van der Waals surface area contributed by atoms with Crippen molar-refractivity contribution in [3.8, 4) is 0 Å². The molecule has 19 heavy (non-hydrogen) atoms. The number of carbonyl (C=O) groups is 1. The van der Waals surface area contributed by atoms with Crippen molar-refractivity contribution in [1.82, 2.24) is 9.78 Å². The number of rotatable bonds is 4. The van der Waals surface area contributed by atoms with Crippen LogP contribution in [-0.2, 0) is 11.8 Å². The Bertz CT molecular complexity index is 608. The van der Waals surface area contributed by atoms with Crippen molar-refractivity contribution < 1.29 is 9.18 Å². The number of carbonyl (C=O) groups excluding carboxylic acids is 1. The molecule has 1 atom stereocenters. The average Bonchev–Trinajstić information content (AvgIpc) is 2.67. The smallest absolute Gasteiger partial charge is 0.244 e. The van der Waals surface area contributed by atoms with E-state index in [0.29, 0.717) is 11.3 Å². The number of nitrogens with two attached hydrogens (primary N) is 1. The van der Waals surface area contributed by atoms with E-state index in [1.165, 1.54) is 12.1 Å². The lowest BCUT2D eigenvalue weighted by molar-refractivity contribution is -0.118. The fourth-order valence-corrected chi connectivity index (χ4v) is 1.85. The molecular weight excluding hydrogens is 247 g/mol. The van der Waals surface area contributed by atoms with Crippen LogP contribution in [0.3, 0.4) is 0 Å². The highest BCUT2D eigenvalue weighted by Crippen LogP contribution is 2.22. The molecule has 1 aromatic carbocycles. The monoisotopic (exact) mass is 262 g/mol. The van der Waals surface area contributed by atoms with Crippen LogP contribution < -0.4 is 11.1 Å². The molecule has 1 aromatic heterocycles. The van der Waals surface area contributed by atoms with Gasteiger partial charge in [-0.25, -0.2) is 4.39 Å².